The van der Waals surface area contributed by atoms with Crippen molar-refractivity contribution in [1.29, 1.82) is 0 Å². The number of hydrogen-bond donors (Lipinski definition) is 0. The molecule has 2 bridgehead atoms. The molecule has 7 nitrogen and oxygen atoms in total. The predicted octanol–water partition coefficient (Wildman–Crippen LogP) is 5.48. The first-order valence-corrected chi connectivity index (χ1v) is 13.1. The lowest BCUT2D eigenvalue weighted by Gasteiger charge is -2.59. The number of carbonyl (C=O) groups excluding carboxylic acids is 1. The van der Waals surface area contributed by atoms with Gasteiger partial charge in [0.15, 0.2) is 18.5 Å². The van der Waals surface area contributed by atoms with Crippen molar-refractivity contribution in [3.8, 4) is 16.9 Å². The lowest BCUT2D eigenvalue weighted by atomic mass is 9.58. The third-order valence-electron chi connectivity index (χ3n) is 8.66. The van der Waals surface area contributed by atoms with Gasteiger partial charge in [0, 0.05) is 23.8 Å². The highest BCUT2D eigenvalue weighted by molar-refractivity contribution is 5.73. The van der Waals surface area contributed by atoms with Gasteiger partial charge in [-0.1, -0.05) is 62.4 Å². The van der Waals surface area contributed by atoms with Crippen LogP contribution in [0.4, 0.5) is 0 Å². The maximum atomic E-state index is 12.9. The number of esters is 1. The second kappa shape index (κ2) is 9.14. The van der Waals surface area contributed by atoms with E-state index in [-0.39, 0.29) is 24.4 Å². The molecule has 4 saturated heterocycles. The zero-order valence-electron chi connectivity index (χ0n) is 21.1. The molecule has 2 aromatic rings. The Balaban J connectivity index is 1.17. The van der Waals surface area contributed by atoms with Gasteiger partial charge in [0.2, 0.25) is 12.1 Å². The van der Waals surface area contributed by atoms with Gasteiger partial charge < -0.3 is 18.9 Å². The van der Waals surface area contributed by atoms with Crippen LogP contribution in [0.3, 0.4) is 0 Å². The van der Waals surface area contributed by atoms with E-state index in [0.29, 0.717) is 11.7 Å². The topological polar surface area (TPSA) is 72.5 Å². The first-order chi connectivity index (χ1) is 17.4. The second-order valence-corrected chi connectivity index (χ2v) is 10.9. The standard InChI is InChI=1S/C29H34O7/c1-18-13-14-23-19(2)26(33-27-29(23)22(18)15-16-28(3,34-27)35-36-29)32-25(30)17-31-24-12-8-7-11-21(24)20-9-5-4-6-10-20/h4-12,18-19,22-23,26-27H,13-17H2,1-3H3/t18-,19-,22+,23+,26-,27-,28+,29-/m1/s1. The van der Waals surface area contributed by atoms with Crippen molar-refractivity contribution in [1.82, 2.24) is 0 Å². The van der Waals surface area contributed by atoms with E-state index >= 15 is 0 Å². The van der Waals surface area contributed by atoms with Crippen molar-refractivity contribution in [2.45, 2.75) is 70.4 Å². The number of rotatable bonds is 5. The third kappa shape index (κ3) is 3.93. The Morgan fingerprint density at radius 3 is 2.58 bits per heavy atom. The number of ether oxygens (including phenoxy) is 4. The molecule has 4 heterocycles. The minimum absolute atomic E-state index is 0.0774. The van der Waals surface area contributed by atoms with Gasteiger partial charge in [-0.3, -0.25) is 0 Å². The minimum Gasteiger partial charge on any atom is -0.481 e. The van der Waals surface area contributed by atoms with Gasteiger partial charge in [-0.05, 0) is 49.7 Å². The first kappa shape index (κ1) is 23.9. The molecule has 0 aromatic heterocycles. The Kier molecular flexibility index (Phi) is 6.07. The van der Waals surface area contributed by atoms with Crippen LogP contribution < -0.4 is 4.74 Å². The van der Waals surface area contributed by atoms with Crippen molar-refractivity contribution in [3.05, 3.63) is 54.6 Å². The van der Waals surface area contributed by atoms with E-state index in [0.717, 1.165) is 36.8 Å². The molecule has 4 aliphatic heterocycles. The van der Waals surface area contributed by atoms with E-state index in [4.69, 9.17) is 28.7 Å². The van der Waals surface area contributed by atoms with Crippen molar-refractivity contribution < 1.29 is 33.5 Å². The molecule has 36 heavy (non-hydrogen) atoms. The summed E-state index contributed by atoms with van der Waals surface area (Å²) in [7, 11) is 0. The van der Waals surface area contributed by atoms with Gasteiger partial charge in [0.25, 0.3) is 0 Å². The fraction of sp³-hybridized carbons (Fsp3) is 0.552. The average Bonchev–Trinajstić information content (AvgIpc) is 3.12. The largest absolute Gasteiger partial charge is 0.481 e. The molecule has 192 valence electrons. The van der Waals surface area contributed by atoms with Gasteiger partial charge in [-0.2, -0.15) is 0 Å². The van der Waals surface area contributed by atoms with Gasteiger partial charge in [-0.25, -0.2) is 14.6 Å². The molecule has 0 N–H and O–H groups in total. The smallest absolute Gasteiger partial charge is 0.346 e. The maximum absolute atomic E-state index is 12.9. The molecule has 2 aromatic carbocycles. The Labute approximate surface area is 211 Å². The van der Waals surface area contributed by atoms with Crippen LogP contribution in [0.25, 0.3) is 11.1 Å². The summed E-state index contributed by atoms with van der Waals surface area (Å²) in [6.07, 6.45) is 2.34. The zero-order chi connectivity index (χ0) is 24.9. The lowest BCUT2D eigenvalue weighted by Crippen LogP contribution is -2.70. The molecule has 0 unspecified atom stereocenters. The molecular formula is C29H34O7. The van der Waals surface area contributed by atoms with Crippen LogP contribution in [0.5, 0.6) is 5.75 Å². The van der Waals surface area contributed by atoms with E-state index < -0.39 is 29.9 Å². The van der Waals surface area contributed by atoms with E-state index in [1.54, 1.807) is 0 Å². The normalized spacial score (nSPS) is 39.1. The van der Waals surface area contributed by atoms with E-state index in [1.165, 1.54) is 0 Å². The minimum atomic E-state index is -0.864. The summed E-state index contributed by atoms with van der Waals surface area (Å²) in [6, 6.07) is 17.6. The predicted molar refractivity (Wildman–Crippen MR) is 130 cm³/mol. The summed E-state index contributed by atoms with van der Waals surface area (Å²) < 4.78 is 24.5. The Morgan fingerprint density at radius 2 is 1.75 bits per heavy atom. The Morgan fingerprint density at radius 1 is 0.972 bits per heavy atom. The van der Waals surface area contributed by atoms with Crippen LogP contribution in [0.2, 0.25) is 0 Å². The monoisotopic (exact) mass is 494 g/mol. The van der Waals surface area contributed by atoms with Crippen LogP contribution in [-0.4, -0.2) is 36.5 Å². The molecule has 1 spiro atoms. The summed E-state index contributed by atoms with van der Waals surface area (Å²) >= 11 is 0. The lowest BCUT2D eigenvalue weighted by molar-refractivity contribution is -0.576. The molecule has 0 amide bonds. The van der Waals surface area contributed by atoms with E-state index in [1.807, 2.05) is 61.5 Å². The van der Waals surface area contributed by atoms with Crippen LogP contribution in [-0.2, 0) is 28.8 Å². The Hall–Kier alpha value is -2.45. The SMILES string of the molecule is C[C@H]1[C@H](OC(=O)COc2ccccc2-c2ccccc2)O[C@@H]2O[C@]3(C)CC[C@H]4[C@H](C)CC[C@@H]1[C@@]24OO3. The molecular weight excluding hydrogens is 460 g/mol. The summed E-state index contributed by atoms with van der Waals surface area (Å²) in [4.78, 5) is 24.9. The fourth-order valence-electron chi connectivity index (χ4n) is 6.76. The van der Waals surface area contributed by atoms with Crippen LogP contribution in [0, 0.1) is 23.7 Å². The molecule has 7 heteroatoms. The van der Waals surface area contributed by atoms with Gasteiger partial charge in [0.1, 0.15) is 5.75 Å². The van der Waals surface area contributed by atoms with E-state index in [2.05, 4.69) is 13.8 Å². The van der Waals surface area contributed by atoms with Crippen LogP contribution in [0.1, 0.15) is 46.5 Å². The highest BCUT2D eigenvalue weighted by Gasteiger charge is 2.69. The van der Waals surface area contributed by atoms with Gasteiger partial charge >= 0.3 is 5.97 Å². The van der Waals surface area contributed by atoms with Gasteiger partial charge in [0.05, 0.1) is 0 Å². The number of hydrogen-bond acceptors (Lipinski definition) is 7. The highest BCUT2D eigenvalue weighted by Crippen LogP contribution is 2.60. The Bertz CT molecular complexity index is 1110. The van der Waals surface area contributed by atoms with Crippen molar-refractivity contribution in [2.24, 2.45) is 23.7 Å². The first-order valence-electron chi connectivity index (χ1n) is 13.1. The molecule has 1 aliphatic carbocycles. The number of fused-ring (bicyclic) bond motifs is 2. The number of benzene rings is 2. The summed E-state index contributed by atoms with van der Waals surface area (Å²) in [5.41, 5.74) is 1.26. The fourth-order valence-corrected chi connectivity index (χ4v) is 6.76. The maximum Gasteiger partial charge on any atom is 0.346 e. The number of para-hydroxylation sites is 1. The molecule has 1 saturated carbocycles. The average molecular weight is 495 g/mol. The second-order valence-electron chi connectivity index (χ2n) is 10.9. The summed E-state index contributed by atoms with van der Waals surface area (Å²) in [5, 5.41) is 0. The molecule has 5 fully saturated rings. The zero-order valence-corrected chi connectivity index (χ0v) is 21.1. The molecule has 5 aliphatic rings. The van der Waals surface area contributed by atoms with Crippen LogP contribution in [0.15, 0.2) is 54.6 Å². The number of carbonyl (C=O) groups is 1. The molecule has 8 atom stereocenters. The highest BCUT2D eigenvalue weighted by atomic mass is 17.3. The quantitative estimate of drug-likeness (QED) is 0.402. The van der Waals surface area contributed by atoms with E-state index in [9.17, 15) is 4.79 Å². The van der Waals surface area contributed by atoms with Crippen LogP contribution >= 0.6 is 0 Å². The summed E-state index contributed by atoms with van der Waals surface area (Å²) in [5.74, 6) is 0.0467. The van der Waals surface area contributed by atoms with Gasteiger partial charge in [-0.15, -0.1) is 0 Å². The summed E-state index contributed by atoms with van der Waals surface area (Å²) in [6.45, 7) is 6.01. The third-order valence-corrected chi connectivity index (χ3v) is 8.66. The molecule has 0 radical (unpaired) electrons. The van der Waals surface area contributed by atoms with Crippen molar-refractivity contribution in [3.63, 3.8) is 0 Å². The van der Waals surface area contributed by atoms with Crippen molar-refractivity contribution in [2.75, 3.05) is 6.61 Å². The van der Waals surface area contributed by atoms with Crippen molar-refractivity contribution >= 4 is 5.97 Å². The molecule has 7 rings (SSSR count).